The molecule has 42 heavy (non-hydrogen) atoms. The standard InChI is InChI=1S/C35H46N4O3/c1-5-32-30(25-34(40)36-26-29-14-11-10-13-28(29)3)27-39(35(32)33(6-2)41-4)18-12-17-37-19-21-38(22-20-37)23-24-42-31-15-8-7-9-16-31/h5-11,13-16,27H,2,12,17-26H2,1,3-4H3,(H,36,40)/b32-5-,35-33-. The number of hydrogen-bond acceptors (Lipinski definition) is 5. The largest absolute Gasteiger partial charge is 0.495 e. The molecule has 1 aliphatic heterocycles. The minimum absolute atomic E-state index is 0.00895. The molecule has 0 atom stereocenters. The fraction of sp³-hybridized carbons (Fsp3) is 0.400. The van der Waals surface area contributed by atoms with Gasteiger partial charge in [0.2, 0.25) is 5.91 Å². The minimum atomic E-state index is 0.00895. The maximum absolute atomic E-state index is 13.0. The third-order valence-electron chi connectivity index (χ3n) is 7.97. The first-order valence-electron chi connectivity index (χ1n) is 15.0. The van der Waals surface area contributed by atoms with Gasteiger partial charge in [-0.3, -0.25) is 9.69 Å². The Labute approximate surface area is 250 Å². The minimum Gasteiger partial charge on any atom is -0.495 e. The quantitative estimate of drug-likeness (QED) is 0.322. The van der Waals surface area contributed by atoms with Gasteiger partial charge in [0.1, 0.15) is 18.1 Å². The van der Waals surface area contributed by atoms with Crippen molar-refractivity contribution in [3.63, 3.8) is 0 Å². The molecule has 7 nitrogen and oxygen atoms in total. The smallest absolute Gasteiger partial charge is 0.224 e. The Morgan fingerprint density at radius 3 is 2.31 bits per heavy atom. The van der Waals surface area contributed by atoms with Crippen LogP contribution in [0.1, 0.15) is 30.0 Å². The molecular weight excluding hydrogens is 524 g/mol. The van der Waals surface area contributed by atoms with Gasteiger partial charge in [0, 0.05) is 57.2 Å². The van der Waals surface area contributed by atoms with Crippen molar-refractivity contribution in [1.82, 2.24) is 19.7 Å². The Morgan fingerprint density at radius 1 is 0.952 bits per heavy atom. The predicted molar refractivity (Wildman–Crippen MR) is 171 cm³/mol. The van der Waals surface area contributed by atoms with Crippen LogP contribution < -0.4 is 20.6 Å². The van der Waals surface area contributed by atoms with Crippen molar-refractivity contribution >= 4 is 17.7 Å². The van der Waals surface area contributed by atoms with E-state index in [1.807, 2.05) is 49.4 Å². The van der Waals surface area contributed by atoms with Gasteiger partial charge in [0.15, 0.2) is 0 Å². The van der Waals surface area contributed by atoms with Crippen molar-refractivity contribution in [2.45, 2.75) is 39.8 Å². The average molecular weight is 571 g/mol. The van der Waals surface area contributed by atoms with Crippen LogP contribution in [0.5, 0.6) is 5.75 Å². The van der Waals surface area contributed by atoms with Gasteiger partial charge in [-0.25, -0.2) is 0 Å². The monoisotopic (exact) mass is 570 g/mol. The van der Waals surface area contributed by atoms with Crippen LogP contribution in [0.3, 0.4) is 0 Å². The summed E-state index contributed by atoms with van der Waals surface area (Å²) >= 11 is 0. The number of amides is 1. The first-order chi connectivity index (χ1) is 20.5. The summed E-state index contributed by atoms with van der Waals surface area (Å²) in [6.07, 6.45) is 7.26. The summed E-state index contributed by atoms with van der Waals surface area (Å²) in [6.45, 7) is 16.3. The van der Waals surface area contributed by atoms with Gasteiger partial charge >= 0.3 is 0 Å². The van der Waals surface area contributed by atoms with Gasteiger partial charge in [-0.05, 0) is 61.7 Å². The zero-order valence-electron chi connectivity index (χ0n) is 25.5. The van der Waals surface area contributed by atoms with Crippen LogP contribution >= 0.6 is 0 Å². The summed E-state index contributed by atoms with van der Waals surface area (Å²) in [5.41, 5.74) is 3.31. The van der Waals surface area contributed by atoms with Gasteiger partial charge in [0.05, 0.1) is 18.9 Å². The Bertz CT molecular complexity index is 1420. The Balaban J connectivity index is 1.32. The second-order valence-electron chi connectivity index (χ2n) is 10.7. The Kier molecular flexibility index (Phi) is 11.9. The van der Waals surface area contributed by atoms with Crippen LogP contribution in [0.4, 0.5) is 0 Å². The van der Waals surface area contributed by atoms with E-state index in [-0.39, 0.29) is 5.91 Å². The zero-order chi connectivity index (χ0) is 29.7. The molecule has 7 heteroatoms. The van der Waals surface area contributed by atoms with Gasteiger partial charge in [-0.2, -0.15) is 0 Å². The van der Waals surface area contributed by atoms with Crippen molar-refractivity contribution in [3.05, 3.63) is 101 Å². The number of piperazine rings is 1. The van der Waals surface area contributed by atoms with Crippen LogP contribution in [0, 0.1) is 6.92 Å². The molecule has 1 amide bonds. The summed E-state index contributed by atoms with van der Waals surface area (Å²) in [5, 5.41) is 5.12. The van der Waals surface area contributed by atoms with Gasteiger partial charge in [0.25, 0.3) is 0 Å². The number of carbonyl (C=O) groups excluding carboxylic acids is 1. The SMILES string of the molecule is C=C/C(OC)=c1\c(=C/C)c(CC(=O)NCc2ccccc2C)cn1CCCN1CCN(CCOc2ccccc2)CC1. The molecule has 1 aliphatic rings. The van der Waals surface area contributed by atoms with Crippen molar-refractivity contribution < 1.29 is 14.3 Å². The lowest BCUT2D eigenvalue weighted by molar-refractivity contribution is -0.120. The van der Waals surface area contributed by atoms with Gasteiger partial charge < -0.3 is 24.3 Å². The first-order valence-corrected chi connectivity index (χ1v) is 15.0. The lowest BCUT2D eigenvalue weighted by atomic mass is 10.1. The highest BCUT2D eigenvalue weighted by Gasteiger charge is 2.17. The number of carbonyl (C=O) groups is 1. The van der Waals surface area contributed by atoms with E-state index in [1.54, 1.807) is 13.2 Å². The molecule has 0 radical (unpaired) electrons. The molecule has 0 saturated carbocycles. The molecule has 0 aliphatic carbocycles. The summed E-state index contributed by atoms with van der Waals surface area (Å²) in [7, 11) is 1.67. The number of rotatable bonds is 14. The van der Waals surface area contributed by atoms with Crippen molar-refractivity contribution in [2.75, 3.05) is 53.0 Å². The molecule has 224 valence electrons. The number of hydrogen-bond donors (Lipinski definition) is 1. The highest BCUT2D eigenvalue weighted by Crippen LogP contribution is 2.10. The molecule has 1 N–H and O–H groups in total. The molecule has 1 saturated heterocycles. The topological polar surface area (TPSA) is 59.0 Å². The summed E-state index contributed by atoms with van der Waals surface area (Å²) < 4.78 is 13.8. The second-order valence-corrected chi connectivity index (χ2v) is 10.7. The Morgan fingerprint density at radius 2 is 1.64 bits per heavy atom. The maximum Gasteiger partial charge on any atom is 0.224 e. The van der Waals surface area contributed by atoms with Crippen LogP contribution in [-0.2, 0) is 29.0 Å². The fourth-order valence-electron chi connectivity index (χ4n) is 5.57. The average Bonchev–Trinajstić information content (AvgIpc) is 3.35. The fourth-order valence-corrected chi connectivity index (χ4v) is 5.57. The summed E-state index contributed by atoms with van der Waals surface area (Å²) in [5.74, 6) is 1.66. The van der Waals surface area contributed by atoms with Crippen LogP contribution in [0.25, 0.3) is 11.8 Å². The number of para-hydroxylation sites is 1. The van der Waals surface area contributed by atoms with Crippen LogP contribution in [-0.4, -0.2) is 73.3 Å². The third kappa shape index (κ3) is 8.60. The molecule has 2 heterocycles. The first kappa shape index (κ1) is 31.1. The molecule has 2 aromatic carbocycles. The lowest BCUT2D eigenvalue weighted by Crippen LogP contribution is -2.47. The summed E-state index contributed by atoms with van der Waals surface area (Å²) in [4.78, 5) is 18.0. The maximum atomic E-state index is 13.0. The highest BCUT2D eigenvalue weighted by molar-refractivity contribution is 5.78. The van der Waals surface area contributed by atoms with Crippen molar-refractivity contribution in [3.8, 4) is 5.75 Å². The van der Waals surface area contributed by atoms with E-state index >= 15 is 0 Å². The van der Waals surface area contributed by atoms with Gasteiger partial charge in [-0.15, -0.1) is 0 Å². The van der Waals surface area contributed by atoms with E-state index in [0.29, 0.717) is 19.6 Å². The van der Waals surface area contributed by atoms with Crippen LogP contribution in [0.15, 0.2) is 73.4 Å². The summed E-state index contributed by atoms with van der Waals surface area (Å²) in [6, 6.07) is 18.2. The van der Waals surface area contributed by atoms with Crippen molar-refractivity contribution in [2.24, 2.45) is 0 Å². The number of aromatic nitrogens is 1. The number of aryl methyl sites for hydroxylation is 2. The van der Waals surface area contributed by atoms with E-state index in [1.165, 1.54) is 5.56 Å². The van der Waals surface area contributed by atoms with E-state index < -0.39 is 0 Å². The molecule has 1 aromatic heterocycles. The van der Waals surface area contributed by atoms with Gasteiger partial charge in [-0.1, -0.05) is 55.1 Å². The number of nitrogens with zero attached hydrogens (tertiary/aromatic N) is 3. The zero-order valence-corrected chi connectivity index (χ0v) is 25.5. The molecule has 1 fully saturated rings. The number of ether oxygens (including phenoxy) is 2. The van der Waals surface area contributed by atoms with E-state index in [2.05, 4.69) is 57.6 Å². The van der Waals surface area contributed by atoms with Crippen molar-refractivity contribution in [1.29, 1.82) is 0 Å². The highest BCUT2D eigenvalue weighted by atomic mass is 16.5. The molecular formula is C35H46N4O3. The number of benzene rings is 2. The van der Waals surface area contributed by atoms with E-state index in [0.717, 1.165) is 85.4 Å². The molecule has 0 unspecified atom stereocenters. The molecule has 3 aromatic rings. The third-order valence-corrected chi connectivity index (χ3v) is 7.97. The Hall–Kier alpha value is -3.81. The number of nitrogens with one attached hydrogen (secondary N) is 1. The van der Waals surface area contributed by atoms with Crippen LogP contribution in [0.2, 0.25) is 0 Å². The second kappa shape index (κ2) is 16.0. The predicted octanol–water partition coefficient (Wildman–Crippen LogP) is 3.48. The van der Waals surface area contributed by atoms with E-state index in [4.69, 9.17) is 9.47 Å². The lowest BCUT2D eigenvalue weighted by Gasteiger charge is -2.34. The normalized spacial score (nSPS) is 15.4. The van der Waals surface area contributed by atoms with E-state index in [9.17, 15) is 4.79 Å². The number of methoxy groups -OCH3 is 1. The molecule has 0 bridgehead atoms. The molecule has 0 spiro atoms. The molecule has 4 rings (SSSR count).